The lowest BCUT2D eigenvalue weighted by Crippen LogP contribution is -2.36. The molecular weight excluding hydrogens is 448 g/mol. The maximum Gasteiger partial charge on any atom is 0.328 e. The van der Waals surface area contributed by atoms with Crippen LogP contribution in [0.2, 0.25) is 0 Å². The van der Waals surface area contributed by atoms with Crippen LogP contribution in [0.5, 0.6) is 0 Å². The van der Waals surface area contributed by atoms with E-state index >= 15 is 0 Å². The van der Waals surface area contributed by atoms with Gasteiger partial charge in [0.05, 0.1) is 19.8 Å². The van der Waals surface area contributed by atoms with Gasteiger partial charge in [0.2, 0.25) is 0 Å². The lowest BCUT2D eigenvalue weighted by atomic mass is 10.1. The molecule has 0 spiro atoms. The van der Waals surface area contributed by atoms with Crippen LogP contribution in [0.15, 0.2) is 64.6 Å². The van der Waals surface area contributed by atoms with Crippen LogP contribution in [-0.4, -0.2) is 54.9 Å². The van der Waals surface area contributed by atoms with Crippen molar-refractivity contribution in [1.29, 1.82) is 0 Å². The first-order chi connectivity index (χ1) is 16.6. The fraction of sp³-hybridized carbons (Fsp3) is 0.346. The quantitative estimate of drug-likeness (QED) is 0.404. The van der Waals surface area contributed by atoms with Gasteiger partial charge in [-0.2, -0.15) is 0 Å². The molecule has 0 amide bonds. The van der Waals surface area contributed by atoms with E-state index in [1.807, 2.05) is 37.4 Å². The summed E-state index contributed by atoms with van der Waals surface area (Å²) in [4.78, 5) is 24.5. The van der Waals surface area contributed by atoms with Crippen molar-refractivity contribution in [1.82, 2.24) is 9.97 Å². The number of morpholine rings is 1. The van der Waals surface area contributed by atoms with Gasteiger partial charge in [-0.3, -0.25) is 0 Å². The first-order valence-corrected chi connectivity index (χ1v) is 12.4. The van der Waals surface area contributed by atoms with Crippen LogP contribution in [0.25, 0.3) is 0 Å². The summed E-state index contributed by atoms with van der Waals surface area (Å²) in [5, 5.41) is 4.19. The molecule has 2 saturated heterocycles. The molecule has 5 rings (SSSR count). The first kappa shape index (κ1) is 22.7. The van der Waals surface area contributed by atoms with E-state index in [0.717, 1.165) is 53.3 Å². The highest BCUT2D eigenvalue weighted by Gasteiger charge is 2.26. The second-order valence-corrected chi connectivity index (χ2v) is 9.56. The van der Waals surface area contributed by atoms with Gasteiger partial charge in [0.15, 0.2) is 0 Å². The Bertz CT molecular complexity index is 1130. The van der Waals surface area contributed by atoms with E-state index in [0.29, 0.717) is 19.4 Å². The largest absolute Gasteiger partial charge is 0.464 e. The van der Waals surface area contributed by atoms with E-state index in [1.165, 1.54) is 11.3 Å². The molecule has 176 valence electrons. The van der Waals surface area contributed by atoms with Gasteiger partial charge >= 0.3 is 5.97 Å². The lowest BCUT2D eigenvalue weighted by Gasteiger charge is -2.28. The van der Waals surface area contributed by atoms with Crippen molar-refractivity contribution in [2.24, 2.45) is 0 Å². The van der Waals surface area contributed by atoms with Gasteiger partial charge in [-0.05, 0) is 54.4 Å². The predicted octanol–water partition coefficient (Wildman–Crippen LogP) is 4.09. The van der Waals surface area contributed by atoms with Crippen LogP contribution >= 0.6 is 11.8 Å². The molecule has 2 fully saturated rings. The minimum Gasteiger partial charge on any atom is -0.464 e. The maximum atomic E-state index is 11.7. The number of esters is 1. The summed E-state index contributed by atoms with van der Waals surface area (Å²) in [6.07, 6.45) is 3.29. The van der Waals surface area contributed by atoms with E-state index in [2.05, 4.69) is 39.5 Å². The molecule has 34 heavy (non-hydrogen) atoms. The second kappa shape index (κ2) is 10.4. The normalized spacial score (nSPS) is 18.1. The summed E-state index contributed by atoms with van der Waals surface area (Å²) >= 11 is 1.62. The Morgan fingerprint density at radius 2 is 1.82 bits per heavy atom. The third-order valence-electron chi connectivity index (χ3n) is 6.00. The SMILES string of the molecule is Cc1cnc(Cc2ccc(N3CCOCC3)cc2)nc1Sc1ccc(NC2CCOC2=O)cc1. The van der Waals surface area contributed by atoms with Crippen LogP contribution in [0, 0.1) is 6.92 Å². The molecule has 8 heteroatoms. The Balaban J connectivity index is 1.22. The summed E-state index contributed by atoms with van der Waals surface area (Å²) in [7, 11) is 0. The molecule has 3 aromatic rings. The zero-order valence-electron chi connectivity index (χ0n) is 19.2. The van der Waals surface area contributed by atoms with Crippen molar-refractivity contribution in [2.45, 2.75) is 35.7 Å². The number of cyclic esters (lactones) is 1. The number of anilines is 2. The molecule has 0 radical (unpaired) electrons. The summed E-state index contributed by atoms with van der Waals surface area (Å²) in [5.41, 5.74) is 4.38. The molecule has 1 N–H and O–H groups in total. The number of benzene rings is 2. The number of carbonyl (C=O) groups excluding carboxylic acids is 1. The predicted molar refractivity (Wildman–Crippen MR) is 133 cm³/mol. The molecule has 2 aromatic carbocycles. The van der Waals surface area contributed by atoms with Crippen molar-refractivity contribution in [2.75, 3.05) is 43.1 Å². The highest BCUT2D eigenvalue weighted by Crippen LogP contribution is 2.30. The minimum absolute atomic E-state index is 0.182. The standard InChI is InChI=1S/C26H28N4O3S/c1-18-17-27-24(16-19-2-6-21(7-3-19)30-11-14-32-15-12-30)29-25(18)34-22-8-4-20(5-9-22)28-23-10-13-33-26(23)31/h2-9,17,23,28H,10-16H2,1H3. The van der Waals surface area contributed by atoms with Crippen molar-refractivity contribution in [3.8, 4) is 0 Å². The van der Waals surface area contributed by atoms with E-state index < -0.39 is 0 Å². The maximum absolute atomic E-state index is 11.7. The van der Waals surface area contributed by atoms with Crippen molar-refractivity contribution >= 4 is 29.1 Å². The Hall–Kier alpha value is -3.10. The second-order valence-electron chi connectivity index (χ2n) is 8.50. The number of hydrogen-bond acceptors (Lipinski definition) is 8. The number of nitrogens with one attached hydrogen (secondary N) is 1. The zero-order chi connectivity index (χ0) is 23.3. The Labute approximate surface area is 203 Å². The van der Waals surface area contributed by atoms with Gasteiger partial charge in [-0.1, -0.05) is 23.9 Å². The van der Waals surface area contributed by atoms with Gasteiger partial charge in [-0.15, -0.1) is 0 Å². The fourth-order valence-corrected chi connectivity index (χ4v) is 4.90. The number of hydrogen-bond donors (Lipinski definition) is 1. The molecule has 2 aliphatic rings. The molecule has 2 aliphatic heterocycles. The fourth-order valence-electron chi connectivity index (χ4n) is 4.04. The number of rotatable bonds is 7. The number of ether oxygens (including phenoxy) is 2. The number of nitrogens with zero attached hydrogens (tertiary/aromatic N) is 3. The summed E-state index contributed by atoms with van der Waals surface area (Å²) in [6, 6.07) is 16.5. The van der Waals surface area contributed by atoms with Crippen LogP contribution < -0.4 is 10.2 Å². The first-order valence-electron chi connectivity index (χ1n) is 11.6. The Kier molecular flexibility index (Phi) is 6.97. The molecule has 1 atom stereocenters. The van der Waals surface area contributed by atoms with Crippen molar-refractivity contribution in [3.63, 3.8) is 0 Å². The van der Waals surface area contributed by atoms with Gasteiger partial charge < -0.3 is 19.7 Å². The smallest absolute Gasteiger partial charge is 0.328 e. The van der Waals surface area contributed by atoms with Crippen LogP contribution in [0.1, 0.15) is 23.4 Å². The average molecular weight is 477 g/mol. The van der Waals surface area contributed by atoms with Crippen LogP contribution in [0.3, 0.4) is 0 Å². The number of aryl methyl sites for hydroxylation is 1. The minimum atomic E-state index is -0.256. The lowest BCUT2D eigenvalue weighted by molar-refractivity contribution is -0.138. The molecule has 3 heterocycles. The summed E-state index contributed by atoms with van der Waals surface area (Å²) < 4.78 is 10.5. The monoisotopic (exact) mass is 476 g/mol. The molecule has 1 aromatic heterocycles. The van der Waals surface area contributed by atoms with E-state index in [-0.39, 0.29) is 12.0 Å². The topological polar surface area (TPSA) is 76.6 Å². The molecule has 0 saturated carbocycles. The highest BCUT2D eigenvalue weighted by atomic mass is 32.2. The van der Waals surface area contributed by atoms with E-state index in [1.54, 1.807) is 11.8 Å². The molecule has 7 nitrogen and oxygen atoms in total. The van der Waals surface area contributed by atoms with Gasteiger partial charge in [0, 0.05) is 48.4 Å². The van der Waals surface area contributed by atoms with Gasteiger partial charge in [0.25, 0.3) is 0 Å². The van der Waals surface area contributed by atoms with Gasteiger partial charge in [0.1, 0.15) is 16.9 Å². The zero-order valence-corrected chi connectivity index (χ0v) is 20.0. The van der Waals surface area contributed by atoms with Crippen LogP contribution in [-0.2, 0) is 20.7 Å². The van der Waals surface area contributed by atoms with Crippen LogP contribution in [0.4, 0.5) is 11.4 Å². The van der Waals surface area contributed by atoms with Crippen molar-refractivity contribution < 1.29 is 14.3 Å². The Morgan fingerprint density at radius 1 is 1.06 bits per heavy atom. The highest BCUT2D eigenvalue weighted by molar-refractivity contribution is 7.99. The Morgan fingerprint density at radius 3 is 2.53 bits per heavy atom. The molecular formula is C26H28N4O3S. The number of aromatic nitrogens is 2. The average Bonchev–Trinajstić information content (AvgIpc) is 3.27. The van der Waals surface area contributed by atoms with E-state index in [4.69, 9.17) is 14.5 Å². The summed E-state index contributed by atoms with van der Waals surface area (Å²) in [5.74, 6) is 0.628. The number of carbonyl (C=O) groups is 1. The van der Waals surface area contributed by atoms with Crippen molar-refractivity contribution in [3.05, 3.63) is 71.7 Å². The van der Waals surface area contributed by atoms with E-state index in [9.17, 15) is 4.79 Å². The molecule has 0 bridgehead atoms. The third kappa shape index (κ3) is 5.51. The molecule has 0 aliphatic carbocycles. The molecule has 1 unspecified atom stereocenters. The van der Waals surface area contributed by atoms with Gasteiger partial charge in [-0.25, -0.2) is 14.8 Å². The third-order valence-corrected chi connectivity index (χ3v) is 7.11. The summed E-state index contributed by atoms with van der Waals surface area (Å²) in [6.45, 7) is 5.96.